The Hall–Kier alpha value is -2.32. The highest BCUT2D eigenvalue weighted by Gasteiger charge is 2.31. The minimum Gasteiger partial charge on any atom is -0.465 e. The molecule has 0 aliphatic heterocycles. The number of carbonyl (C=O) groups is 4. The van der Waals surface area contributed by atoms with Crippen molar-refractivity contribution in [1.29, 1.82) is 0 Å². The van der Waals surface area contributed by atoms with Crippen molar-refractivity contribution in [2.45, 2.75) is 45.2 Å². The third-order valence-corrected chi connectivity index (χ3v) is 2.87. The van der Waals surface area contributed by atoms with Gasteiger partial charge in [0.15, 0.2) is 0 Å². The number of nitrogens with one attached hydrogen (secondary N) is 4. The highest BCUT2D eigenvalue weighted by molar-refractivity contribution is 5.93. The van der Waals surface area contributed by atoms with E-state index < -0.39 is 23.6 Å². The van der Waals surface area contributed by atoms with Gasteiger partial charge in [-0.2, -0.15) is 0 Å². The van der Waals surface area contributed by atoms with Crippen LogP contribution in [0.4, 0.5) is 4.79 Å². The van der Waals surface area contributed by atoms with Gasteiger partial charge >= 0.3 is 6.09 Å². The van der Waals surface area contributed by atoms with E-state index in [2.05, 4.69) is 21.3 Å². The van der Waals surface area contributed by atoms with Gasteiger partial charge in [0.1, 0.15) is 11.6 Å². The first-order valence-electron chi connectivity index (χ1n) is 6.88. The van der Waals surface area contributed by atoms with Crippen LogP contribution in [0.25, 0.3) is 0 Å². The standard InChI is InChI=1S/C13H24N4O5/c1-8(18)16-9(6-5-7-15-12(21)22)10(19)17-13(2,3)11(20)14-4/h9,15H,5-7H2,1-4H3,(H,14,20)(H,16,18)(H,17,19)(H,21,22). The number of hydrogen-bond donors (Lipinski definition) is 5. The van der Waals surface area contributed by atoms with E-state index in [1.165, 1.54) is 14.0 Å². The monoisotopic (exact) mass is 316 g/mol. The molecule has 126 valence electrons. The van der Waals surface area contributed by atoms with Crippen LogP contribution in [-0.4, -0.2) is 54.1 Å². The van der Waals surface area contributed by atoms with E-state index in [0.29, 0.717) is 6.42 Å². The number of hydrogen-bond acceptors (Lipinski definition) is 4. The normalized spacial score (nSPS) is 12.0. The summed E-state index contributed by atoms with van der Waals surface area (Å²) in [6.45, 7) is 4.53. The molecule has 0 heterocycles. The van der Waals surface area contributed by atoms with Crippen molar-refractivity contribution in [3.8, 4) is 0 Å². The third kappa shape index (κ3) is 7.46. The minimum atomic E-state index is -1.15. The number of carbonyl (C=O) groups excluding carboxylic acids is 3. The van der Waals surface area contributed by atoms with Gasteiger partial charge in [-0.25, -0.2) is 4.79 Å². The number of rotatable bonds is 8. The second kappa shape index (κ2) is 8.85. The van der Waals surface area contributed by atoms with Crippen LogP contribution in [0.1, 0.15) is 33.6 Å². The van der Waals surface area contributed by atoms with Crippen LogP contribution in [0.5, 0.6) is 0 Å². The fourth-order valence-corrected chi connectivity index (χ4v) is 1.78. The molecule has 0 aromatic carbocycles. The van der Waals surface area contributed by atoms with Gasteiger partial charge in [0, 0.05) is 20.5 Å². The molecule has 0 bridgehead atoms. The molecule has 0 spiro atoms. The van der Waals surface area contributed by atoms with Gasteiger partial charge in [-0.3, -0.25) is 14.4 Å². The maximum atomic E-state index is 12.2. The highest BCUT2D eigenvalue weighted by atomic mass is 16.4. The maximum Gasteiger partial charge on any atom is 0.404 e. The van der Waals surface area contributed by atoms with E-state index >= 15 is 0 Å². The van der Waals surface area contributed by atoms with Crippen molar-refractivity contribution < 1.29 is 24.3 Å². The second-order valence-corrected chi connectivity index (χ2v) is 5.32. The lowest BCUT2D eigenvalue weighted by molar-refractivity contribution is -0.134. The summed E-state index contributed by atoms with van der Waals surface area (Å²) >= 11 is 0. The molecule has 0 saturated heterocycles. The SMILES string of the molecule is CNC(=O)C(C)(C)NC(=O)C(CCCNC(=O)O)NC(C)=O. The van der Waals surface area contributed by atoms with Crippen LogP contribution in [0.3, 0.4) is 0 Å². The molecule has 22 heavy (non-hydrogen) atoms. The van der Waals surface area contributed by atoms with Crippen molar-refractivity contribution in [3.63, 3.8) is 0 Å². The molecule has 0 rings (SSSR count). The molecule has 0 aliphatic carbocycles. The molecule has 0 aliphatic rings. The molecule has 0 fully saturated rings. The lowest BCUT2D eigenvalue weighted by Crippen LogP contribution is -2.58. The zero-order valence-corrected chi connectivity index (χ0v) is 13.3. The molecule has 5 N–H and O–H groups in total. The smallest absolute Gasteiger partial charge is 0.404 e. The number of amides is 4. The minimum absolute atomic E-state index is 0.164. The quantitative estimate of drug-likeness (QED) is 0.373. The van der Waals surface area contributed by atoms with Gasteiger partial charge in [-0.15, -0.1) is 0 Å². The molecule has 0 saturated carbocycles. The van der Waals surface area contributed by atoms with Crippen molar-refractivity contribution in [2.75, 3.05) is 13.6 Å². The first-order valence-corrected chi connectivity index (χ1v) is 6.88. The van der Waals surface area contributed by atoms with E-state index in [1.807, 2.05) is 0 Å². The van der Waals surface area contributed by atoms with Crippen LogP contribution in [0.2, 0.25) is 0 Å². The summed E-state index contributed by atoms with van der Waals surface area (Å²) in [5, 5.41) is 18.1. The lowest BCUT2D eigenvalue weighted by atomic mass is 10.0. The maximum absolute atomic E-state index is 12.2. The second-order valence-electron chi connectivity index (χ2n) is 5.32. The average molecular weight is 316 g/mol. The number of carboxylic acid groups (broad SMARTS) is 1. The highest BCUT2D eigenvalue weighted by Crippen LogP contribution is 2.05. The molecule has 0 aromatic heterocycles. The third-order valence-electron chi connectivity index (χ3n) is 2.87. The Balaban J connectivity index is 4.66. The predicted molar refractivity (Wildman–Crippen MR) is 79.2 cm³/mol. The predicted octanol–water partition coefficient (Wildman–Crippen LogP) is -0.820. The summed E-state index contributed by atoms with van der Waals surface area (Å²) in [7, 11) is 1.46. The summed E-state index contributed by atoms with van der Waals surface area (Å²) in [6, 6.07) is -0.836. The molecule has 1 atom stereocenters. The molecular formula is C13H24N4O5. The van der Waals surface area contributed by atoms with E-state index in [9.17, 15) is 19.2 Å². The summed E-state index contributed by atoms with van der Waals surface area (Å²) < 4.78 is 0. The van der Waals surface area contributed by atoms with Crippen LogP contribution < -0.4 is 21.3 Å². The Kier molecular flexibility index (Phi) is 7.92. The zero-order valence-electron chi connectivity index (χ0n) is 13.3. The molecular weight excluding hydrogens is 292 g/mol. The van der Waals surface area contributed by atoms with Crippen LogP contribution >= 0.6 is 0 Å². The molecule has 4 amide bonds. The fourth-order valence-electron chi connectivity index (χ4n) is 1.78. The number of likely N-dealkylation sites (N-methyl/N-ethyl adjacent to an activating group) is 1. The summed E-state index contributed by atoms with van der Waals surface area (Å²) in [6.07, 6.45) is -0.540. The van der Waals surface area contributed by atoms with Crippen molar-refractivity contribution in [3.05, 3.63) is 0 Å². The van der Waals surface area contributed by atoms with Gasteiger partial charge in [0.25, 0.3) is 0 Å². The van der Waals surface area contributed by atoms with Gasteiger partial charge in [-0.05, 0) is 26.7 Å². The van der Waals surface area contributed by atoms with E-state index in [-0.39, 0.29) is 24.8 Å². The van der Waals surface area contributed by atoms with E-state index in [0.717, 1.165) is 0 Å². The topological polar surface area (TPSA) is 137 Å². The lowest BCUT2D eigenvalue weighted by Gasteiger charge is -2.27. The summed E-state index contributed by atoms with van der Waals surface area (Å²) in [5.74, 6) is -1.25. The zero-order chi connectivity index (χ0) is 17.3. The molecule has 9 heteroatoms. The van der Waals surface area contributed by atoms with Gasteiger partial charge in [0.2, 0.25) is 17.7 Å². The van der Waals surface area contributed by atoms with Gasteiger partial charge < -0.3 is 26.4 Å². The molecule has 0 aromatic rings. The van der Waals surface area contributed by atoms with Crippen molar-refractivity contribution in [1.82, 2.24) is 21.3 Å². The van der Waals surface area contributed by atoms with E-state index in [1.54, 1.807) is 13.8 Å². The van der Waals surface area contributed by atoms with Crippen LogP contribution in [-0.2, 0) is 14.4 Å². The van der Waals surface area contributed by atoms with Crippen LogP contribution in [0, 0.1) is 0 Å². The van der Waals surface area contributed by atoms with E-state index in [4.69, 9.17) is 5.11 Å². The Morgan fingerprint density at radius 1 is 1.18 bits per heavy atom. The Bertz CT molecular complexity index is 436. The van der Waals surface area contributed by atoms with Crippen molar-refractivity contribution >= 4 is 23.8 Å². The summed E-state index contributed by atoms with van der Waals surface area (Å²) in [4.78, 5) is 45.4. The fraction of sp³-hybridized carbons (Fsp3) is 0.692. The average Bonchev–Trinajstić information content (AvgIpc) is 2.39. The largest absolute Gasteiger partial charge is 0.465 e. The van der Waals surface area contributed by atoms with Crippen LogP contribution in [0.15, 0.2) is 0 Å². The summed E-state index contributed by atoms with van der Waals surface area (Å²) in [5.41, 5.74) is -1.12. The van der Waals surface area contributed by atoms with Gasteiger partial charge in [-0.1, -0.05) is 0 Å². The molecule has 1 unspecified atom stereocenters. The first-order chi connectivity index (χ1) is 10.1. The molecule has 9 nitrogen and oxygen atoms in total. The molecule has 0 radical (unpaired) electrons. The Morgan fingerprint density at radius 2 is 1.77 bits per heavy atom. The Morgan fingerprint density at radius 3 is 2.23 bits per heavy atom. The Labute approximate surface area is 129 Å². The first kappa shape index (κ1) is 19.7. The van der Waals surface area contributed by atoms with Crippen molar-refractivity contribution in [2.24, 2.45) is 0 Å². The van der Waals surface area contributed by atoms with Gasteiger partial charge in [0.05, 0.1) is 0 Å².